The van der Waals surface area contributed by atoms with Crippen LogP contribution in [0.1, 0.15) is 30.6 Å². The monoisotopic (exact) mass is 333 g/mol. The van der Waals surface area contributed by atoms with E-state index < -0.39 is 0 Å². The molecular weight excluding hydrogens is 310 g/mol. The zero-order chi connectivity index (χ0) is 16.9. The summed E-state index contributed by atoms with van der Waals surface area (Å²) in [5.41, 5.74) is 1.48. The molecule has 6 heteroatoms. The highest BCUT2D eigenvalue weighted by Crippen LogP contribution is 2.20. The van der Waals surface area contributed by atoms with Crippen LogP contribution < -0.4 is 5.32 Å². The second-order valence-electron chi connectivity index (χ2n) is 6.15. The minimum absolute atomic E-state index is 0.0988. The van der Waals surface area contributed by atoms with Gasteiger partial charge < -0.3 is 10.4 Å². The Morgan fingerprint density at radius 2 is 2.04 bits per heavy atom. The number of aromatic nitrogens is 2. The van der Waals surface area contributed by atoms with E-state index in [1.807, 2.05) is 55.1 Å². The van der Waals surface area contributed by atoms with Crippen molar-refractivity contribution in [3.63, 3.8) is 0 Å². The number of amides is 1. The van der Waals surface area contributed by atoms with Crippen molar-refractivity contribution in [1.82, 2.24) is 14.9 Å². The number of rotatable bonds is 7. The fraction of sp³-hybridized carbons (Fsp3) is 0.412. The van der Waals surface area contributed by atoms with Crippen molar-refractivity contribution in [3.8, 4) is 5.69 Å². The summed E-state index contributed by atoms with van der Waals surface area (Å²) in [6, 6.07) is 7.45. The van der Waals surface area contributed by atoms with Crippen LogP contribution in [0.25, 0.3) is 5.69 Å². The summed E-state index contributed by atoms with van der Waals surface area (Å²) in [6.07, 6.45) is 6.30. The van der Waals surface area contributed by atoms with E-state index in [4.69, 9.17) is 5.11 Å². The highest BCUT2D eigenvalue weighted by molar-refractivity contribution is 7.98. The van der Waals surface area contributed by atoms with E-state index >= 15 is 0 Å². The van der Waals surface area contributed by atoms with Crippen LogP contribution in [-0.2, 0) is 0 Å². The number of aliphatic hydroxyl groups is 1. The molecule has 0 atom stereocenters. The smallest absolute Gasteiger partial charge is 0.251 e. The van der Waals surface area contributed by atoms with E-state index in [0.717, 1.165) is 10.8 Å². The van der Waals surface area contributed by atoms with Gasteiger partial charge in [0.2, 0.25) is 0 Å². The molecule has 1 heterocycles. The average molecular weight is 333 g/mol. The quantitative estimate of drug-likeness (QED) is 0.765. The van der Waals surface area contributed by atoms with Gasteiger partial charge in [0.1, 0.15) is 0 Å². The van der Waals surface area contributed by atoms with E-state index in [-0.39, 0.29) is 17.9 Å². The average Bonchev–Trinajstić information content (AvgIpc) is 3.01. The van der Waals surface area contributed by atoms with Crippen molar-refractivity contribution >= 4 is 17.7 Å². The van der Waals surface area contributed by atoms with Gasteiger partial charge in [-0.1, -0.05) is 25.6 Å². The normalized spacial score (nSPS) is 11.5. The van der Waals surface area contributed by atoms with Crippen LogP contribution in [0, 0.1) is 5.41 Å². The summed E-state index contributed by atoms with van der Waals surface area (Å²) >= 11 is 1.58. The highest BCUT2D eigenvalue weighted by atomic mass is 32.2. The molecule has 1 aromatic carbocycles. The Hall–Kier alpha value is -1.79. The molecule has 1 aromatic heterocycles. The number of carbonyl (C=O) groups excluding carboxylic acids is 1. The van der Waals surface area contributed by atoms with Crippen LogP contribution in [-0.4, -0.2) is 40.0 Å². The molecule has 0 aliphatic rings. The number of carbonyl (C=O) groups is 1. The molecule has 1 amide bonds. The second kappa shape index (κ2) is 7.66. The number of imidazole rings is 1. The van der Waals surface area contributed by atoms with Crippen LogP contribution in [0.2, 0.25) is 0 Å². The Morgan fingerprint density at radius 1 is 1.35 bits per heavy atom. The van der Waals surface area contributed by atoms with Gasteiger partial charge in [0.15, 0.2) is 5.16 Å². The number of nitrogens with zero attached hydrogens (tertiary/aromatic N) is 2. The third-order valence-electron chi connectivity index (χ3n) is 3.71. The van der Waals surface area contributed by atoms with Crippen LogP contribution in [0.15, 0.2) is 41.8 Å². The van der Waals surface area contributed by atoms with Gasteiger partial charge in [-0.3, -0.25) is 9.36 Å². The van der Waals surface area contributed by atoms with Gasteiger partial charge in [0.25, 0.3) is 5.91 Å². The molecule has 124 valence electrons. The Bertz CT molecular complexity index is 650. The zero-order valence-corrected chi connectivity index (χ0v) is 14.6. The van der Waals surface area contributed by atoms with Crippen LogP contribution >= 0.6 is 11.8 Å². The lowest BCUT2D eigenvalue weighted by Gasteiger charge is -2.23. The van der Waals surface area contributed by atoms with Crippen molar-refractivity contribution in [1.29, 1.82) is 0 Å². The first-order valence-electron chi connectivity index (χ1n) is 7.54. The van der Waals surface area contributed by atoms with Crippen molar-refractivity contribution in [2.75, 3.05) is 19.4 Å². The van der Waals surface area contributed by atoms with Crippen molar-refractivity contribution < 1.29 is 9.90 Å². The number of benzene rings is 1. The Kier molecular flexibility index (Phi) is 5.85. The third-order valence-corrected chi connectivity index (χ3v) is 4.38. The van der Waals surface area contributed by atoms with Crippen molar-refractivity contribution in [2.45, 2.75) is 25.4 Å². The van der Waals surface area contributed by atoms with Gasteiger partial charge >= 0.3 is 0 Å². The van der Waals surface area contributed by atoms with E-state index in [1.165, 1.54) is 0 Å². The molecule has 0 aliphatic carbocycles. The molecule has 2 aromatic rings. The molecule has 0 saturated carbocycles. The van der Waals surface area contributed by atoms with E-state index in [1.54, 1.807) is 18.0 Å². The fourth-order valence-corrected chi connectivity index (χ4v) is 2.75. The lowest BCUT2D eigenvalue weighted by molar-refractivity contribution is 0.0928. The summed E-state index contributed by atoms with van der Waals surface area (Å²) in [7, 11) is 0. The number of thioether (sulfide) groups is 1. The molecule has 0 bridgehead atoms. The summed E-state index contributed by atoms with van der Waals surface area (Å²) in [5, 5.41) is 12.9. The second-order valence-corrected chi connectivity index (χ2v) is 6.92. The largest absolute Gasteiger partial charge is 0.396 e. The fourth-order valence-electron chi connectivity index (χ4n) is 2.22. The van der Waals surface area contributed by atoms with Crippen LogP contribution in [0.4, 0.5) is 0 Å². The number of hydrogen-bond donors (Lipinski definition) is 2. The Balaban J connectivity index is 2.03. The van der Waals surface area contributed by atoms with Gasteiger partial charge in [-0.25, -0.2) is 4.98 Å². The van der Waals surface area contributed by atoms with Gasteiger partial charge in [0, 0.05) is 36.8 Å². The maximum Gasteiger partial charge on any atom is 0.251 e. The molecule has 0 spiro atoms. The standard InChI is InChI=1S/C17H23N3O2S/c1-17(2,8-11-21)12-19-15(22)13-4-6-14(7-5-13)20-10-9-18-16(20)23-3/h4-7,9-10,21H,8,11-12H2,1-3H3,(H,19,22). The molecule has 2 rings (SSSR count). The molecular formula is C17H23N3O2S. The number of nitrogens with one attached hydrogen (secondary N) is 1. The maximum absolute atomic E-state index is 12.2. The van der Waals surface area contributed by atoms with E-state index in [9.17, 15) is 4.79 Å². The molecule has 0 aliphatic heterocycles. The molecule has 2 N–H and O–H groups in total. The molecule has 0 fully saturated rings. The first-order valence-corrected chi connectivity index (χ1v) is 8.76. The lowest BCUT2D eigenvalue weighted by Crippen LogP contribution is -2.34. The zero-order valence-electron chi connectivity index (χ0n) is 13.7. The number of hydrogen-bond acceptors (Lipinski definition) is 4. The van der Waals surface area contributed by atoms with Gasteiger partial charge in [0.05, 0.1) is 0 Å². The summed E-state index contributed by atoms with van der Waals surface area (Å²) in [5.74, 6) is -0.0988. The van der Waals surface area contributed by atoms with Crippen molar-refractivity contribution in [2.24, 2.45) is 5.41 Å². The maximum atomic E-state index is 12.2. The first kappa shape index (κ1) is 17.6. The lowest BCUT2D eigenvalue weighted by atomic mass is 9.89. The van der Waals surface area contributed by atoms with E-state index in [0.29, 0.717) is 18.5 Å². The SMILES string of the molecule is CSc1nccn1-c1ccc(C(=O)NCC(C)(C)CCO)cc1. The number of aliphatic hydroxyl groups excluding tert-OH is 1. The summed E-state index contributed by atoms with van der Waals surface area (Å²) in [4.78, 5) is 16.5. The summed E-state index contributed by atoms with van der Waals surface area (Å²) in [6.45, 7) is 4.71. The van der Waals surface area contributed by atoms with Gasteiger partial charge in [-0.05, 0) is 42.4 Å². The topological polar surface area (TPSA) is 67.2 Å². The first-order chi connectivity index (χ1) is 11.0. The minimum Gasteiger partial charge on any atom is -0.396 e. The molecule has 0 unspecified atom stereocenters. The van der Waals surface area contributed by atoms with Gasteiger partial charge in [-0.2, -0.15) is 0 Å². The molecule has 23 heavy (non-hydrogen) atoms. The minimum atomic E-state index is -0.117. The van der Waals surface area contributed by atoms with Crippen molar-refractivity contribution in [3.05, 3.63) is 42.2 Å². The Morgan fingerprint density at radius 3 is 2.65 bits per heavy atom. The summed E-state index contributed by atoms with van der Waals surface area (Å²) < 4.78 is 1.98. The molecule has 0 saturated heterocycles. The van der Waals surface area contributed by atoms with E-state index in [2.05, 4.69) is 10.3 Å². The van der Waals surface area contributed by atoms with Crippen LogP contribution in [0.5, 0.6) is 0 Å². The molecule has 0 radical (unpaired) electrons. The Labute approximate surface area is 141 Å². The predicted octanol–water partition coefficient (Wildman–Crippen LogP) is 2.73. The highest BCUT2D eigenvalue weighted by Gasteiger charge is 2.18. The van der Waals surface area contributed by atoms with Crippen LogP contribution in [0.3, 0.4) is 0 Å². The predicted molar refractivity (Wildman–Crippen MR) is 93.2 cm³/mol. The molecule has 5 nitrogen and oxygen atoms in total. The van der Waals surface area contributed by atoms with Gasteiger partial charge in [-0.15, -0.1) is 0 Å². The third kappa shape index (κ3) is 4.59.